The molecule has 0 aliphatic carbocycles. The summed E-state index contributed by atoms with van der Waals surface area (Å²) in [6.45, 7) is 1.07. The van der Waals surface area contributed by atoms with Crippen LogP contribution in [0, 0.1) is 5.92 Å². The van der Waals surface area contributed by atoms with Crippen LogP contribution >= 0.6 is 11.6 Å². The summed E-state index contributed by atoms with van der Waals surface area (Å²) in [4.78, 5) is 14.7. The van der Waals surface area contributed by atoms with E-state index in [2.05, 4.69) is 0 Å². The lowest BCUT2D eigenvalue weighted by molar-refractivity contribution is -0.135. The SMILES string of the molecule is COc1ccc(CN(C)C(=O)C2CCN(S(=O)(=O)c3ccc(OC)c(Cl)c3)CC2)cc1. The van der Waals surface area contributed by atoms with Crippen LogP contribution in [0.4, 0.5) is 0 Å². The maximum absolute atomic E-state index is 13.0. The van der Waals surface area contributed by atoms with E-state index in [1.54, 1.807) is 25.1 Å². The smallest absolute Gasteiger partial charge is 0.243 e. The van der Waals surface area contributed by atoms with Gasteiger partial charge in [0.2, 0.25) is 15.9 Å². The van der Waals surface area contributed by atoms with Gasteiger partial charge >= 0.3 is 0 Å². The molecule has 9 heteroatoms. The highest BCUT2D eigenvalue weighted by molar-refractivity contribution is 7.89. The summed E-state index contributed by atoms with van der Waals surface area (Å²) in [7, 11) is 1.18. The predicted octanol–water partition coefficient (Wildman–Crippen LogP) is 3.42. The number of halogens is 1. The number of carbonyl (C=O) groups excluding carboxylic acids is 1. The van der Waals surface area contributed by atoms with Crippen LogP contribution in [0.5, 0.6) is 11.5 Å². The van der Waals surface area contributed by atoms with Crippen molar-refractivity contribution in [2.75, 3.05) is 34.4 Å². The number of benzene rings is 2. The number of amides is 1. The van der Waals surface area contributed by atoms with Gasteiger partial charge in [0.25, 0.3) is 0 Å². The number of hydrogen-bond acceptors (Lipinski definition) is 5. The van der Waals surface area contributed by atoms with Crippen LogP contribution in [0.25, 0.3) is 0 Å². The topological polar surface area (TPSA) is 76.2 Å². The van der Waals surface area contributed by atoms with Crippen molar-refractivity contribution >= 4 is 27.5 Å². The first-order chi connectivity index (χ1) is 14.8. The molecule has 1 aliphatic rings. The highest BCUT2D eigenvalue weighted by atomic mass is 35.5. The minimum Gasteiger partial charge on any atom is -0.497 e. The van der Waals surface area contributed by atoms with Crippen molar-refractivity contribution in [3.05, 3.63) is 53.1 Å². The predicted molar refractivity (Wildman–Crippen MR) is 119 cm³/mol. The molecule has 0 unspecified atom stereocenters. The zero-order valence-corrected chi connectivity index (χ0v) is 19.4. The summed E-state index contributed by atoms with van der Waals surface area (Å²) in [5.74, 6) is 1.02. The fraction of sp³-hybridized carbons (Fsp3) is 0.409. The van der Waals surface area contributed by atoms with E-state index in [1.807, 2.05) is 24.3 Å². The molecule has 0 spiro atoms. The van der Waals surface area contributed by atoms with Crippen LogP contribution in [0.1, 0.15) is 18.4 Å². The van der Waals surface area contributed by atoms with E-state index >= 15 is 0 Å². The molecule has 1 amide bonds. The molecule has 2 aromatic rings. The van der Waals surface area contributed by atoms with Crippen LogP contribution in [0.2, 0.25) is 5.02 Å². The molecule has 0 N–H and O–H groups in total. The van der Waals surface area contributed by atoms with E-state index in [0.717, 1.165) is 11.3 Å². The molecule has 0 bridgehead atoms. The Bertz CT molecular complexity index is 1020. The zero-order chi connectivity index (χ0) is 22.6. The Labute approximate surface area is 188 Å². The third-order valence-corrected chi connectivity index (χ3v) is 7.71. The summed E-state index contributed by atoms with van der Waals surface area (Å²) in [6.07, 6.45) is 0.962. The molecular formula is C22H27ClN2O5S. The van der Waals surface area contributed by atoms with Gasteiger partial charge in [-0.15, -0.1) is 0 Å². The summed E-state index contributed by atoms with van der Waals surface area (Å²) >= 11 is 6.09. The number of carbonyl (C=O) groups is 1. The minimum absolute atomic E-state index is 0.0281. The Balaban J connectivity index is 1.60. The molecule has 31 heavy (non-hydrogen) atoms. The van der Waals surface area contributed by atoms with Crippen LogP contribution < -0.4 is 9.47 Å². The van der Waals surface area contributed by atoms with Crippen LogP contribution in [0.3, 0.4) is 0 Å². The molecule has 1 heterocycles. The Morgan fingerprint density at radius 1 is 1.10 bits per heavy atom. The van der Waals surface area contributed by atoms with Gasteiger partial charge in [-0.3, -0.25) is 4.79 Å². The van der Waals surface area contributed by atoms with Gasteiger partial charge in [-0.1, -0.05) is 23.7 Å². The van der Waals surface area contributed by atoms with Gasteiger partial charge in [-0.2, -0.15) is 4.31 Å². The summed E-state index contributed by atoms with van der Waals surface area (Å²) in [5.41, 5.74) is 1.01. The van der Waals surface area contributed by atoms with Gasteiger partial charge in [-0.25, -0.2) is 8.42 Å². The number of nitrogens with zero attached hydrogens (tertiary/aromatic N) is 2. The number of piperidine rings is 1. The molecular weight excluding hydrogens is 440 g/mol. The monoisotopic (exact) mass is 466 g/mol. The summed E-state index contributed by atoms with van der Waals surface area (Å²) in [5, 5.41) is 0.244. The second kappa shape index (κ2) is 9.89. The highest BCUT2D eigenvalue weighted by Gasteiger charge is 2.33. The molecule has 3 rings (SSSR count). The van der Waals surface area contributed by atoms with Gasteiger partial charge in [0.1, 0.15) is 11.5 Å². The van der Waals surface area contributed by atoms with Gasteiger partial charge in [0.15, 0.2) is 0 Å². The van der Waals surface area contributed by atoms with Crippen molar-refractivity contribution < 1.29 is 22.7 Å². The first-order valence-corrected chi connectivity index (χ1v) is 11.8. The molecule has 0 atom stereocenters. The van der Waals surface area contributed by atoms with E-state index in [0.29, 0.717) is 38.2 Å². The third-order valence-electron chi connectivity index (χ3n) is 5.52. The van der Waals surface area contributed by atoms with E-state index in [9.17, 15) is 13.2 Å². The van der Waals surface area contributed by atoms with E-state index in [-0.39, 0.29) is 21.7 Å². The molecule has 168 valence electrons. The number of hydrogen-bond donors (Lipinski definition) is 0. The quantitative estimate of drug-likeness (QED) is 0.625. The lowest BCUT2D eigenvalue weighted by atomic mass is 9.96. The van der Waals surface area contributed by atoms with Gasteiger partial charge in [0, 0.05) is 32.6 Å². The second-order valence-electron chi connectivity index (χ2n) is 7.52. The normalized spacial score (nSPS) is 15.5. The Kier molecular flexibility index (Phi) is 7.46. The van der Waals surface area contributed by atoms with Crippen molar-refractivity contribution in [2.45, 2.75) is 24.3 Å². The third kappa shape index (κ3) is 5.31. The standard InChI is InChI=1S/C22H27ClN2O5S/c1-24(15-16-4-6-18(29-2)7-5-16)22(26)17-10-12-25(13-11-17)31(27,28)19-8-9-21(30-3)20(23)14-19/h4-9,14,17H,10-13,15H2,1-3H3. The molecule has 1 saturated heterocycles. The van der Waals surface area contributed by atoms with E-state index in [4.69, 9.17) is 21.1 Å². The number of ether oxygens (including phenoxy) is 2. The molecule has 1 aliphatic heterocycles. The average molecular weight is 467 g/mol. The van der Waals surface area contributed by atoms with Crippen LogP contribution in [0.15, 0.2) is 47.4 Å². The molecule has 7 nitrogen and oxygen atoms in total. The molecule has 0 saturated carbocycles. The zero-order valence-electron chi connectivity index (χ0n) is 17.9. The number of rotatable bonds is 7. The fourth-order valence-corrected chi connectivity index (χ4v) is 5.51. The van der Waals surface area contributed by atoms with Crippen molar-refractivity contribution in [2.24, 2.45) is 5.92 Å². The Morgan fingerprint density at radius 3 is 2.29 bits per heavy atom. The number of sulfonamides is 1. The van der Waals surface area contributed by atoms with Crippen LogP contribution in [-0.4, -0.2) is 57.9 Å². The van der Waals surface area contributed by atoms with Gasteiger partial charge < -0.3 is 14.4 Å². The van der Waals surface area contributed by atoms with Crippen molar-refractivity contribution in [1.29, 1.82) is 0 Å². The fourth-order valence-electron chi connectivity index (χ4n) is 3.69. The summed E-state index contributed by atoms with van der Waals surface area (Å²) < 4.78 is 37.6. The molecule has 0 aromatic heterocycles. The van der Waals surface area contributed by atoms with Gasteiger partial charge in [0.05, 0.1) is 24.1 Å². The van der Waals surface area contributed by atoms with Crippen molar-refractivity contribution in [3.63, 3.8) is 0 Å². The van der Waals surface area contributed by atoms with Crippen molar-refractivity contribution in [3.8, 4) is 11.5 Å². The largest absolute Gasteiger partial charge is 0.497 e. The minimum atomic E-state index is -3.68. The highest BCUT2D eigenvalue weighted by Crippen LogP contribution is 2.30. The van der Waals surface area contributed by atoms with Crippen molar-refractivity contribution in [1.82, 2.24) is 9.21 Å². The molecule has 1 fully saturated rings. The first-order valence-electron chi connectivity index (χ1n) is 9.98. The number of methoxy groups -OCH3 is 2. The second-order valence-corrected chi connectivity index (χ2v) is 9.86. The van der Waals surface area contributed by atoms with E-state index in [1.165, 1.54) is 23.5 Å². The maximum atomic E-state index is 13.0. The Morgan fingerprint density at radius 2 is 1.74 bits per heavy atom. The average Bonchev–Trinajstić information content (AvgIpc) is 2.79. The maximum Gasteiger partial charge on any atom is 0.243 e. The lowest BCUT2D eigenvalue weighted by Crippen LogP contribution is -2.43. The Hall–Kier alpha value is -2.29. The first kappa shape index (κ1) is 23.4. The summed E-state index contributed by atoms with van der Waals surface area (Å²) in [6, 6.07) is 12.0. The molecule has 2 aromatic carbocycles. The van der Waals surface area contributed by atoms with E-state index < -0.39 is 10.0 Å². The molecule has 0 radical (unpaired) electrons. The van der Waals surface area contributed by atoms with Gasteiger partial charge in [-0.05, 0) is 48.7 Å². The van der Waals surface area contributed by atoms with Crippen LogP contribution in [-0.2, 0) is 21.4 Å². The lowest BCUT2D eigenvalue weighted by Gasteiger charge is -2.32.